The second-order valence-electron chi connectivity index (χ2n) is 6.38. The zero-order valence-corrected chi connectivity index (χ0v) is 13.8. The molecule has 1 aliphatic rings. The van der Waals surface area contributed by atoms with Gasteiger partial charge in [-0.05, 0) is 38.2 Å². The quantitative estimate of drug-likeness (QED) is 0.625. The van der Waals surface area contributed by atoms with Crippen LogP contribution in [-0.2, 0) is 19.4 Å². The van der Waals surface area contributed by atoms with Gasteiger partial charge in [0.2, 0.25) is 0 Å². The van der Waals surface area contributed by atoms with E-state index in [9.17, 15) is 0 Å². The van der Waals surface area contributed by atoms with Gasteiger partial charge in [-0.3, -0.25) is 16.0 Å². The zero-order valence-electron chi connectivity index (χ0n) is 13.8. The maximum atomic E-state index is 5.89. The van der Waals surface area contributed by atoms with Gasteiger partial charge in [0.25, 0.3) is 0 Å². The lowest BCUT2D eigenvalue weighted by atomic mass is 9.84. The summed E-state index contributed by atoms with van der Waals surface area (Å²) < 4.78 is 2.14. The molecule has 0 radical (unpaired) electrons. The summed E-state index contributed by atoms with van der Waals surface area (Å²) in [5.41, 5.74) is 5.63. The SMILES string of the molecule is CCc1cc(CC(NN)C2CCCCCCC2)n(CC)n1. The molecule has 1 fully saturated rings. The Morgan fingerprint density at radius 3 is 2.48 bits per heavy atom. The van der Waals surface area contributed by atoms with Crippen molar-refractivity contribution < 1.29 is 0 Å². The van der Waals surface area contributed by atoms with E-state index in [1.165, 1.54) is 56.3 Å². The molecule has 1 saturated carbocycles. The molecule has 1 aromatic heterocycles. The van der Waals surface area contributed by atoms with Crippen molar-refractivity contribution in [2.75, 3.05) is 0 Å². The number of hydrogen-bond acceptors (Lipinski definition) is 3. The van der Waals surface area contributed by atoms with Crippen LogP contribution in [0.25, 0.3) is 0 Å². The van der Waals surface area contributed by atoms with Crippen molar-refractivity contribution in [2.24, 2.45) is 11.8 Å². The molecular weight excluding hydrogens is 260 g/mol. The zero-order chi connectivity index (χ0) is 15.1. The van der Waals surface area contributed by atoms with Crippen LogP contribution in [0.5, 0.6) is 0 Å². The number of rotatable bonds is 6. The molecule has 4 nitrogen and oxygen atoms in total. The van der Waals surface area contributed by atoms with Gasteiger partial charge in [0.1, 0.15) is 0 Å². The van der Waals surface area contributed by atoms with E-state index in [2.05, 4.69) is 35.1 Å². The van der Waals surface area contributed by atoms with Crippen molar-refractivity contribution in [2.45, 2.75) is 84.2 Å². The number of nitrogens with zero attached hydrogens (tertiary/aromatic N) is 2. The van der Waals surface area contributed by atoms with Gasteiger partial charge < -0.3 is 0 Å². The van der Waals surface area contributed by atoms with Gasteiger partial charge >= 0.3 is 0 Å². The third-order valence-electron chi connectivity index (χ3n) is 4.94. The van der Waals surface area contributed by atoms with E-state index >= 15 is 0 Å². The molecule has 1 aliphatic carbocycles. The average molecular weight is 292 g/mol. The van der Waals surface area contributed by atoms with E-state index in [4.69, 9.17) is 5.84 Å². The van der Waals surface area contributed by atoms with Gasteiger partial charge in [-0.15, -0.1) is 0 Å². The first-order valence-electron chi connectivity index (χ1n) is 8.80. The molecule has 0 bridgehead atoms. The molecule has 0 aliphatic heterocycles. The van der Waals surface area contributed by atoms with Crippen LogP contribution < -0.4 is 11.3 Å². The van der Waals surface area contributed by atoms with Crippen LogP contribution in [0.15, 0.2) is 6.07 Å². The Balaban J connectivity index is 2.04. The molecule has 0 amide bonds. The molecule has 120 valence electrons. The van der Waals surface area contributed by atoms with Crippen molar-refractivity contribution in [3.63, 3.8) is 0 Å². The Labute approximate surface area is 129 Å². The topological polar surface area (TPSA) is 55.9 Å². The molecule has 21 heavy (non-hydrogen) atoms. The predicted octanol–water partition coefficient (Wildman–Crippen LogP) is 3.20. The number of aromatic nitrogens is 2. The van der Waals surface area contributed by atoms with Gasteiger partial charge in [-0.2, -0.15) is 5.10 Å². The summed E-state index contributed by atoms with van der Waals surface area (Å²) in [6.45, 7) is 5.27. The van der Waals surface area contributed by atoms with E-state index in [1.54, 1.807) is 0 Å². The van der Waals surface area contributed by atoms with Crippen molar-refractivity contribution in [1.82, 2.24) is 15.2 Å². The molecular formula is C17H32N4. The van der Waals surface area contributed by atoms with Crippen LogP contribution >= 0.6 is 0 Å². The third kappa shape index (κ3) is 4.55. The Kier molecular flexibility index (Phi) is 6.71. The first-order chi connectivity index (χ1) is 10.3. The van der Waals surface area contributed by atoms with Crippen LogP contribution in [0.4, 0.5) is 0 Å². The molecule has 3 N–H and O–H groups in total. The number of nitrogens with one attached hydrogen (secondary N) is 1. The number of aryl methyl sites for hydroxylation is 2. The maximum absolute atomic E-state index is 5.89. The number of hydrogen-bond donors (Lipinski definition) is 2. The lowest BCUT2D eigenvalue weighted by Crippen LogP contribution is -2.43. The minimum Gasteiger partial charge on any atom is -0.271 e. The van der Waals surface area contributed by atoms with Gasteiger partial charge in [0, 0.05) is 24.7 Å². The fourth-order valence-corrected chi connectivity index (χ4v) is 3.60. The predicted molar refractivity (Wildman–Crippen MR) is 87.9 cm³/mol. The second kappa shape index (κ2) is 8.54. The summed E-state index contributed by atoms with van der Waals surface area (Å²) in [4.78, 5) is 0. The molecule has 4 heteroatoms. The summed E-state index contributed by atoms with van der Waals surface area (Å²) in [5.74, 6) is 6.60. The standard InChI is InChI=1S/C17H32N4/c1-3-15-12-16(21(4-2)20-15)13-17(19-18)14-10-8-6-5-7-9-11-14/h12,14,17,19H,3-11,13,18H2,1-2H3. The summed E-state index contributed by atoms with van der Waals surface area (Å²) in [6.07, 6.45) is 11.5. The monoisotopic (exact) mass is 292 g/mol. The van der Waals surface area contributed by atoms with Crippen molar-refractivity contribution in [3.05, 3.63) is 17.5 Å². The van der Waals surface area contributed by atoms with E-state index < -0.39 is 0 Å². The molecule has 0 saturated heterocycles. The molecule has 2 rings (SSSR count). The minimum absolute atomic E-state index is 0.384. The van der Waals surface area contributed by atoms with E-state index in [-0.39, 0.29) is 0 Å². The molecule has 1 atom stereocenters. The number of hydrazine groups is 1. The lowest BCUT2D eigenvalue weighted by molar-refractivity contribution is 0.281. The highest BCUT2D eigenvalue weighted by Gasteiger charge is 2.23. The molecule has 1 unspecified atom stereocenters. The molecule has 1 heterocycles. The van der Waals surface area contributed by atoms with Crippen molar-refractivity contribution in [3.8, 4) is 0 Å². The Morgan fingerprint density at radius 2 is 1.90 bits per heavy atom. The van der Waals surface area contributed by atoms with Crippen LogP contribution in [0.3, 0.4) is 0 Å². The van der Waals surface area contributed by atoms with Crippen molar-refractivity contribution in [1.29, 1.82) is 0 Å². The summed E-state index contributed by atoms with van der Waals surface area (Å²) in [6, 6.07) is 2.64. The van der Waals surface area contributed by atoms with Gasteiger partial charge in [-0.1, -0.05) is 39.0 Å². The average Bonchev–Trinajstić information content (AvgIpc) is 2.87. The Morgan fingerprint density at radius 1 is 1.24 bits per heavy atom. The fraction of sp³-hybridized carbons (Fsp3) is 0.824. The smallest absolute Gasteiger partial charge is 0.0624 e. The van der Waals surface area contributed by atoms with Gasteiger partial charge in [0.15, 0.2) is 0 Å². The van der Waals surface area contributed by atoms with Gasteiger partial charge in [0.05, 0.1) is 5.69 Å². The first-order valence-corrected chi connectivity index (χ1v) is 8.80. The highest BCUT2D eigenvalue weighted by atomic mass is 15.3. The summed E-state index contributed by atoms with van der Waals surface area (Å²) in [7, 11) is 0. The minimum atomic E-state index is 0.384. The third-order valence-corrected chi connectivity index (χ3v) is 4.94. The highest BCUT2D eigenvalue weighted by Crippen LogP contribution is 2.26. The second-order valence-corrected chi connectivity index (χ2v) is 6.38. The Hall–Kier alpha value is -0.870. The van der Waals surface area contributed by atoms with Crippen LogP contribution in [0.2, 0.25) is 0 Å². The number of nitrogens with two attached hydrogens (primary N) is 1. The van der Waals surface area contributed by atoms with Crippen LogP contribution in [0.1, 0.15) is 70.2 Å². The van der Waals surface area contributed by atoms with E-state index in [0.29, 0.717) is 12.0 Å². The molecule has 0 spiro atoms. The van der Waals surface area contributed by atoms with E-state index in [1.807, 2.05) is 0 Å². The normalized spacial score (nSPS) is 19.2. The summed E-state index contributed by atoms with van der Waals surface area (Å²) >= 11 is 0. The Bertz CT molecular complexity index is 405. The van der Waals surface area contributed by atoms with Crippen molar-refractivity contribution >= 4 is 0 Å². The summed E-state index contributed by atoms with van der Waals surface area (Å²) in [5, 5.41) is 4.66. The van der Waals surface area contributed by atoms with Crippen LogP contribution in [0, 0.1) is 5.92 Å². The molecule has 0 aromatic carbocycles. The molecule has 1 aromatic rings. The lowest BCUT2D eigenvalue weighted by Gasteiger charge is -2.28. The highest BCUT2D eigenvalue weighted by molar-refractivity contribution is 5.12. The largest absolute Gasteiger partial charge is 0.271 e. The fourth-order valence-electron chi connectivity index (χ4n) is 3.60. The maximum Gasteiger partial charge on any atom is 0.0624 e. The van der Waals surface area contributed by atoms with Crippen LogP contribution in [-0.4, -0.2) is 15.8 Å². The van der Waals surface area contributed by atoms with Gasteiger partial charge in [-0.25, -0.2) is 0 Å². The van der Waals surface area contributed by atoms with E-state index in [0.717, 1.165) is 19.4 Å². The first kappa shape index (κ1) is 16.5.